The van der Waals surface area contributed by atoms with Crippen molar-refractivity contribution in [3.63, 3.8) is 0 Å². The van der Waals surface area contributed by atoms with Crippen LogP contribution in [0, 0.1) is 11.8 Å². The molecule has 2 atom stereocenters. The van der Waals surface area contributed by atoms with E-state index in [1.807, 2.05) is 4.90 Å². The van der Waals surface area contributed by atoms with Gasteiger partial charge >= 0.3 is 6.03 Å². The van der Waals surface area contributed by atoms with E-state index in [0.29, 0.717) is 37.8 Å². The maximum absolute atomic E-state index is 13.0. The van der Waals surface area contributed by atoms with Crippen molar-refractivity contribution in [2.24, 2.45) is 11.8 Å². The third-order valence-electron chi connectivity index (χ3n) is 7.65. The van der Waals surface area contributed by atoms with Gasteiger partial charge in [-0.3, -0.25) is 19.4 Å². The van der Waals surface area contributed by atoms with E-state index < -0.39 is 11.6 Å². The van der Waals surface area contributed by atoms with Gasteiger partial charge in [-0.2, -0.15) is 0 Å². The molecule has 0 radical (unpaired) electrons. The smallest absolute Gasteiger partial charge is 0.325 e. The van der Waals surface area contributed by atoms with E-state index in [4.69, 9.17) is 4.74 Å². The van der Waals surface area contributed by atoms with Crippen molar-refractivity contribution in [2.45, 2.75) is 77.0 Å². The zero-order valence-electron chi connectivity index (χ0n) is 19.3. The first-order valence-corrected chi connectivity index (χ1v) is 12.1. The molecule has 1 spiro atoms. The third kappa shape index (κ3) is 4.90. The molecule has 0 aromatic rings. The molecule has 3 saturated heterocycles. The summed E-state index contributed by atoms with van der Waals surface area (Å²) in [5.41, 5.74) is -0.775. The molecule has 4 rings (SSSR count). The number of hydrogen-bond donors (Lipinski definition) is 1. The van der Waals surface area contributed by atoms with Gasteiger partial charge in [0.1, 0.15) is 12.1 Å². The fourth-order valence-corrected chi connectivity index (χ4v) is 5.81. The van der Waals surface area contributed by atoms with Gasteiger partial charge in [0.15, 0.2) is 0 Å². The highest BCUT2D eigenvalue weighted by atomic mass is 16.5. The van der Waals surface area contributed by atoms with Gasteiger partial charge in [-0.05, 0) is 64.2 Å². The lowest BCUT2D eigenvalue weighted by molar-refractivity contribution is -0.140. The lowest BCUT2D eigenvalue weighted by Crippen LogP contribution is -2.51. The molecule has 8 nitrogen and oxygen atoms in total. The lowest BCUT2D eigenvalue weighted by Gasteiger charge is -2.39. The number of nitrogens with zero attached hydrogens (tertiary/aromatic N) is 3. The summed E-state index contributed by atoms with van der Waals surface area (Å²) in [7, 11) is 0. The number of ether oxygens (including phenoxy) is 1. The second-order valence-electron chi connectivity index (χ2n) is 10.4. The molecule has 31 heavy (non-hydrogen) atoms. The Balaban J connectivity index is 1.25. The Hall–Kier alpha value is -1.67. The van der Waals surface area contributed by atoms with Gasteiger partial charge < -0.3 is 15.0 Å². The van der Waals surface area contributed by atoms with Crippen LogP contribution >= 0.6 is 0 Å². The van der Waals surface area contributed by atoms with Crippen LogP contribution in [0.3, 0.4) is 0 Å². The molecule has 1 aliphatic carbocycles. The Bertz CT molecular complexity index is 688. The molecule has 3 aliphatic heterocycles. The fourth-order valence-electron chi connectivity index (χ4n) is 5.81. The second kappa shape index (κ2) is 9.06. The summed E-state index contributed by atoms with van der Waals surface area (Å²) in [5.74, 6) is 0.835. The van der Waals surface area contributed by atoms with Crippen molar-refractivity contribution < 1.29 is 19.1 Å². The van der Waals surface area contributed by atoms with Gasteiger partial charge in [0, 0.05) is 32.7 Å². The predicted molar refractivity (Wildman–Crippen MR) is 116 cm³/mol. The van der Waals surface area contributed by atoms with Crippen LogP contribution in [0.1, 0.15) is 59.3 Å². The van der Waals surface area contributed by atoms with Crippen LogP contribution in [0.4, 0.5) is 4.79 Å². The Labute approximate surface area is 185 Å². The number of carbonyl (C=O) groups is 3. The number of carbonyl (C=O) groups excluding carboxylic acids is 3. The molecule has 1 saturated carbocycles. The summed E-state index contributed by atoms with van der Waals surface area (Å²) in [4.78, 5) is 43.8. The average molecular weight is 435 g/mol. The van der Waals surface area contributed by atoms with Crippen LogP contribution in [-0.4, -0.2) is 89.6 Å². The standard InChI is InChI=1S/C23H38N4O4/c1-16-4-8-23(9-5-16)21(29)27(22(30)24-23)15-20(28)26-10-6-19(7-11-26)14-25-12-17(2)31-18(3)13-25/h16-19H,4-15H2,1-3H3,(H,24,30). The highest BCUT2D eigenvalue weighted by Gasteiger charge is 2.52. The third-order valence-corrected chi connectivity index (χ3v) is 7.65. The molecular weight excluding hydrogens is 396 g/mol. The maximum Gasteiger partial charge on any atom is 0.325 e. The largest absolute Gasteiger partial charge is 0.373 e. The monoisotopic (exact) mass is 434 g/mol. The van der Waals surface area contributed by atoms with Crippen LogP contribution in [0.2, 0.25) is 0 Å². The number of hydrogen-bond acceptors (Lipinski definition) is 5. The fraction of sp³-hybridized carbons (Fsp3) is 0.870. The van der Waals surface area contributed by atoms with Gasteiger partial charge in [-0.1, -0.05) is 6.92 Å². The van der Waals surface area contributed by atoms with Crippen molar-refractivity contribution in [3.05, 3.63) is 0 Å². The quantitative estimate of drug-likeness (QED) is 0.683. The topological polar surface area (TPSA) is 82.2 Å². The van der Waals surface area contributed by atoms with E-state index in [1.54, 1.807) is 0 Å². The number of amides is 4. The number of rotatable bonds is 4. The molecule has 4 amide bonds. The first-order valence-electron chi connectivity index (χ1n) is 12.1. The number of piperidine rings is 1. The van der Waals surface area contributed by atoms with Crippen LogP contribution in [-0.2, 0) is 14.3 Å². The molecule has 3 heterocycles. The Morgan fingerprint density at radius 1 is 1.03 bits per heavy atom. The number of morpholine rings is 1. The first-order chi connectivity index (χ1) is 14.8. The lowest BCUT2D eigenvalue weighted by atomic mass is 9.77. The van der Waals surface area contributed by atoms with Crippen LogP contribution in [0.5, 0.6) is 0 Å². The van der Waals surface area contributed by atoms with Gasteiger partial charge in [0.25, 0.3) is 5.91 Å². The van der Waals surface area contributed by atoms with E-state index in [-0.39, 0.29) is 30.6 Å². The van der Waals surface area contributed by atoms with Crippen molar-refractivity contribution in [1.82, 2.24) is 20.0 Å². The molecule has 2 unspecified atom stereocenters. The molecule has 0 aromatic heterocycles. The van der Waals surface area contributed by atoms with Crippen molar-refractivity contribution in [2.75, 3.05) is 39.3 Å². The summed E-state index contributed by atoms with van der Waals surface area (Å²) >= 11 is 0. The minimum atomic E-state index is -0.775. The predicted octanol–water partition coefficient (Wildman–Crippen LogP) is 1.83. The minimum absolute atomic E-state index is 0.114. The van der Waals surface area contributed by atoms with Crippen molar-refractivity contribution >= 4 is 17.8 Å². The summed E-state index contributed by atoms with van der Waals surface area (Å²) < 4.78 is 5.82. The van der Waals surface area contributed by atoms with E-state index in [0.717, 1.165) is 50.2 Å². The maximum atomic E-state index is 13.0. The van der Waals surface area contributed by atoms with E-state index >= 15 is 0 Å². The first kappa shape index (κ1) is 22.5. The number of nitrogens with one attached hydrogen (secondary N) is 1. The van der Waals surface area contributed by atoms with E-state index in [1.165, 1.54) is 0 Å². The SMILES string of the molecule is CC1CCC2(CC1)NC(=O)N(CC(=O)N1CCC(CN3CC(C)OC(C)C3)CC1)C2=O. The Kier molecular flexibility index (Phi) is 6.58. The van der Waals surface area contributed by atoms with Gasteiger partial charge in [0.05, 0.1) is 12.2 Å². The number of imide groups is 1. The zero-order chi connectivity index (χ0) is 22.2. The summed E-state index contributed by atoms with van der Waals surface area (Å²) in [6, 6.07) is -0.404. The summed E-state index contributed by atoms with van der Waals surface area (Å²) in [6.45, 7) is 10.7. The zero-order valence-corrected chi connectivity index (χ0v) is 19.3. The molecular formula is C23H38N4O4. The van der Waals surface area contributed by atoms with E-state index in [2.05, 4.69) is 31.0 Å². The number of urea groups is 1. The molecule has 1 N–H and O–H groups in total. The molecule has 174 valence electrons. The van der Waals surface area contributed by atoms with Crippen LogP contribution in [0.15, 0.2) is 0 Å². The second-order valence-corrected chi connectivity index (χ2v) is 10.4. The van der Waals surface area contributed by atoms with Gasteiger partial charge in [0.2, 0.25) is 5.91 Å². The van der Waals surface area contributed by atoms with Crippen molar-refractivity contribution in [3.8, 4) is 0 Å². The minimum Gasteiger partial charge on any atom is -0.373 e. The Morgan fingerprint density at radius 2 is 1.65 bits per heavy atom. The van der Waals surface area contributed by atoms with E-state index in [9.17, 15) is 14.4 Å². The van der Waals surface area contributed by atoms with Crippen LogP contribution in [0.25, 0.3) is 0 Å². The van der Waals surface area contributed by atoms with Crippen LogP contribution < -0.4 is 5.32 Å². The average Bonchev–Trinajstić information content (AvgIpc) is 2.94. The normalized spacial score (nSPS) is 35.6. The summed E-state index contributed by atoms with van der Waals surface area (Å²) in [5, 5.41) is 2.91. The molecule has 0 aromatic carbocycles. The highest BCUT2D eigenvalue weighted by molar-refractivity contribution is 6.09. The summed E-state index contributed by atoms with van der Waals surface area (Å²) in [6.07, 6.45) is 5.68. The highest BCUT2D eigenvalue weighted by Crippen LogP contribution is 2.36. The molecule has 8 heteroatoms. The number of likely N-dealkylation sites (tertiary alicyclic amines) is 1. The van der Waals surface area contributed by atoms with Gasteiger partial charge in [-0.15, -0.1) is 0 Å². The molecule has 4 fully saturated rings. The Morgan fingerprint density at radius 3 is 2.26 bits per heavy atom. The molecule has 4 aliphatic rings. The van der Waals surface area contributed by atoms with Gasteiger partial charge in [-0.25, -0.2) is 4.79 Å². The van der Waals surface area contributed by atoms with Crippen molar-refractivity contribution in [1.29, 1.82) is 0 Å². The molecule has 0 bridgehead atoms.